The Balaban J connectivity index is 1.88. The van der Waals surface area contributed by atoms with Gasteiger partial charge in [0.1, 0.15) is 0 Å². The number of nitrogens with one attached hydrogen (secondary N) is 3. The van der Waals surface area contributed by atoms with E-state index >= 15 is 0 Å². The van der Waals surface area contributed by atoms with Gasteiger partial charge in [0.15, 0.2) is 5.16 Å². The lowest BCUT2D eigenvalue weighted by Crippen LogP contribution is -2.48. The number of aromatic nitrogens is 2. The average Bonchev–Trinajstić information content (AvgIpc) is 2.75. The first-order valence-corrected chi connectivity index (χ1v) is 7.99. The van der Waals surface area contributed by atoms with Crippen LogP contribution < -0.4 is 10.6 Å². The van der Waals surface area contributed by atoms with Crippen molar-refractivity contribution in [3.63, 3.8) is 0 Å². The molecular formula is C14H17ClN4O2S. The molecule has 2 aromatic rings. The molecule has 1 aromatic carbocycles. The fourth-order valence-corrected chi connectivity index (χ4v) is 2.55. The van der Waals surface area contributed by atoms with Crippen LogP contribution in [-0.2, 0) is 4.79 Å². The molecule has 0 atom stereocenters. The van der Waals surface area contributed by atoms with Crippen molar-refractivity contribution in [2.24, 2.45) is 0 Å². The Bertz CT molecular complexity index is 708. The van der Waals surface area contributed by atoms with Crippen LogP contribution in [0.1, 0.15) is 20.8 Å². The zero-order chi connectivity index (χ0) is 16.3. The summed E-state index contributed by atoms with van der Waals surface area (Å²) in [6.45, 7) is 5.52. The summed E-state index contributed by atoms with van der Waals surface area (Å²) in [5, 5.41) is 6.15. The fraction of sp³-hybridized carbons (Fsp3) is 0.357. The molecule has 0 aliphatic carbocycles. The van der Waals surface area contributed by atoms with Crippen molar-refractivity contribution in [2.45, 2.75) is 31.5 Å². The first-order valence-electron chi connectivity index (χ1n) is 6.63. The summed E-state index contributed by atoms with van der Waals surface area (Å²) in [4.78, 5) is 30.7. The third-order valence-corrected chi connectivity index (χ3v) is 3.61. The highest BCUT2D eigenvalue weighted by molar-refractivity contribution is 7.99. The van der Waals surface area contributed by atoms with Gasteiger partial charge in [-0.15, -0.1) is 0 Å². The van der Waals surface area contributed by atoms with E-state index in [0.717, 1.165) is 11.0 Å². The Morgan fingerprint density at radius 3 is 2.77 bits per heavy atom. The van der Waals surface area contributed by atoms with E-state index < -0.39 is 11.6 Å². The third-order valence-electron chi connectivity index (χ3n) is 2.50. The fourth-order valence-electron chi connectivity index (χ4n) is 1.70. The van der Waals surface area contributed by atoms with Crippen LogP contribution in [-0.4, -0.2) is 33.2 Å². The number of urea groups is 1. The quantitative estimate of drug-likeness (QED) is 0.750. The summed E-state index contributed by atoms with van der Waals surface area (Å²) in [5.74, 6) is -0.296. The minimum absolute atomic E-state index is 0.0884. The lowest BCUT2D eigenvalue weighted by molar-refractivity contribution is -0.117. The number of thioether (sulfide) groups is 1. The van der Waals surface area contributed by atoms with Crippen molar-refractivity contribution >= 4 is 46.3 Å². The monoisotopic (exact) mass is 340 g/mol. The molecule has 0 spiro atoms. The number of fused-ring (bicyclic) bond motifs is 1. The van der Waals surface area contributed by atoms with Gasteiger partial charge in [-0.25, -0.2) is 9.78 Å². The maximum atomic E-state index is 11.7. The van der Waals surface area contributed by atoms with Crippen LogP contribution in [0, 0.1) is 0 Å². The van der Waals surface area contributed by atoms with Gasteiger partial charge in [0.05, 0.1) is 16.8 Å². The minimum Gasteiger partial charge on any atom is -0.333 e. The molecular weight excluding hydrogens is 324 g/mol. The maximum Gasteiger partial charge on any atom is 0.321 e. The van der Waals surface area contributed by atoms with E-state index in [9.17, 15) is 9.59 Å². The predicted molar refractivity (Wildman–Crippen MR) is 88.3 cm³/mol. The van der Waals surface area contributed by atoms with E-state index in [1.807, 2.05) is 20.8 Å². The molecule has 1 heterocycles. The van der Waals surface area contributed by atoms with Gasteiger partial charge in [0, 0.05) is 10.6 Å². The van der Waals surface area contributed by atoms with Crippen LogP contribution in [0.5, 0.6) is 0 Å². The Hall–Kier alpha value is -1.73. The number of aromatic amines is 1. The normalized spacial score (nSPS) is 11.5. The molecule has 0 unspecified atom stereocenters. The van der Waals surface area contributed by atoms with Crippen LogP contribution in [0.15, 0.2) is 23.4 Å². The number of H-pyrrole nitrogens is 1. The van der Waals surface area contributed by atoms with Gasteiger partial charge < -0.3 is 10.3 Å². The van der Waals surface area contributed by atoms with E-state index in [2.05, 4.69) is 20.6 Å². The topological polar surface area (TPSA) is 86.9 Å². The van der Waals surface area contributed by atoms with Gasteiger partial charge in [0.2, 0.25) is 5.91 Å². The molecule has 0 saturated heterocycles. The van der Waals surface area contributed by atoms with Gasteiger partial charge in [-0.2, -0.15) is 0 Å². The Labute approximate surface area is 137 Å². The minimum atomic E-state index is -0.505. The predicted octanol–water partition coefficient (Wildman–Crippen LogP) is 2.93. The third kappa shape index (κ3) is 4.92. The number of benzene rings is 1. The second kappa shape index (κ2) is 6.58. The standard InChI is InChI=1S/C14H17ClN4O2S/c1-14(2,3)19-12(21)18-11(20)7-22-13-16-9-5-4-8(15)6-10(9)17-13/h4-6H,7H2,1-3H3,(H,16,17)(H2,18,19,20,21). The lowest BCUT2D eigenvalue weighted by atomic mass is 10.1. The van der Waals surface area contributed by atoms with Crippen LogP contribution in [0.3, 0.4) is 0 Å². The highest BCUT2D eigenvalue weighted by Gasteiger charge is 2.16. The van der Waals surface area contributed by atoms with Crippen molar-refractivity contribution in [3.8, 4) is 0 Å². The Morgan fingerprint density at radius 1 is 1.36 bits per heavy atom. The molecule has 1 aromatic heterocycles. The molecule has 6 nitrogen and oxygen atoms in total. The molecule has 3 amide bonds. The van der Waals surface area contributed by atoms with Crippen molar-refractivity contribution < 1.29 is 9.59 Å². The number of amides is 3. The average molecular weight is 341 g/mol. The van der Waals surface area contributed by atoms with E-state index in [1.165, 1.54) is 11.8 Å². The number of hydrogen-bond donors (Lipinski definition) is 3. The lowest BCUT2D eigenvalue weighted by Gasteiger charge is -2.20. The van der Waals surface area contributed by atoms with Gasteiger partial charge in [-0.05, 0) is 39.0 Å². The number of imide groups is 1. The zero-order valence-electron chi connectivity index (χ0n) is 12.5. The highest BCUT2D eigenvalue weighted by atomic mass is 35.5. The smallest absolute Gasteiger partial charge is 0.321 e. The molecule has 0 saturated carbocycles. The van der Waals surface area contributed by atoms with Gasteiger partial charge in [0.25, 0.3) is 0 Å². The van der Waals surface area contributed by atoms with E-state index in [0.29, 0.717) is 10.2 Å². The van der Waals surface area contributed by atoms with Crippen LogP contribution in [0.25, 0.3) is 11.0 Å². The van der Waals surface area contributed by atoms with Crippen molar-refractivity contribution in [1.29, 1.82) is 0 Å². The van der Waals surface area contributed by atoms with Gasteiger partial charge >= 0.3 is 6.03 Å². The van der Waals surface area contributed by atoms with Crippen LogP contribution in [0.2, 0.25) is 5.02 Å². The number of imidazole rings is 1. The summed E-state index contributed by atoms with van der Waals surface area (Å²) in [6, 6.07) is 4.82. The summed E-state index contributed by atoms with van der Waals surface area (Å²) in [5.41, 5.74) is 1.19. The molecule has 22 heavy (non-hydrogen) atoms. The summed E-state index contributed by atoms with van der Waals surface area (Å²) >= 11 is 7.12. The van der Waals surface area contributed by atoms with Crippen molar-refractivity contribution in [1.82, 2.24) is 20.6 Å². The van der Waals surface area contributed by atoms with Crippen LogP contribution in [0.4, 0.5) is 4.79 Å². The second-order valence-corrected chi connectivity index (χ2v) is 7.14. The molecule has 0 fully saturated rings. The van der Waals surface area contributed by atoms with E-state index in [-0.39, 0.29) is 11.7 Å². The molecule has 118 valence electrons. The Kier molecular flexibility index (Phi) is 4.97. The second-order valence-electron chi connectivity index (χ2n) is 5.74. The van der Waals surface area contributed by atoms with E-state index in [4.69, 9.17) is 11.6 Å². The molecule has 3 N–H and O–H groups in total. The number of hydrogen-bond acceptors (Lipinski definition) is 4. The Morgan fingerprint density at radius 2 is 2.09 bits per heavy atom. The van der Waals surface area contributed by atoms with E-state index in [1.54, 1.807) is 18.2 Å². The summed E-state index contributed by atoms with van der Waals surface area (Å²) < 4.78 is 0. The number of carbonyl (C=O) groups is 2. The van der Waals surface area contributed by atoms with Gasteiger partial charge in [-0.1, -0.05) is 23.4 Å². The largest absolute Gasteiger partial charge is 0.333 e. The molecule has 8 heteroatoms. The van der Waals surface area contributed by atoms with Crippen LogP contribution >= 0.6 is 23.4 Å². The number of halogens is 1. The maximum absolute atomic E-state index is 11.7. The number of carbonyl (C=O) groups excluding carboxylic acids is 2. The zero-order valence-corrected chi connectivity index (χ0v) is 14.1. The molecule has 0 aliphatic heterocycles. The van der Waals surface area contributed by atoms with Crippen molar-refractivity contribution in [3.05, 3.63) is 23.2 Å². The first-order chi connectivity index (χ1) is 10.2. The number of rotatable bonds is 3. The SMILES string of the molecule is CC(C)(C)NC(=O)NC(=O)CSc1nc2ccc(Cl)cc2[nH]1. The summed E-state index contributed by atoms with van der Waals surface area (Å²) in [7, 11) is 0. The molecule has 0 aliphatic rings. The summed E-state index contributed by atoms with van der Waals surface area (Å²) in [6.07, 6.45) is 0. The number of nitrogens with zero attached hydrogens (tertiary/aromatic N) is 1. The van der Waals surface area contributed by atoms with Crippen molar-refractivity contribution in [2.75, 3.05) is 5.75 Å². The first kappa shape index (κ1) is 16.6. The molecule has 0 radical (unpaired) electrons. The highest BCUT2D eigenvalue weighted by Crippen LogP contribution is 2.21. The molecule has 2 rings (SSSR count). The van der Waals surface area contributed by atoms with Gasteiger partial charge in [-0.3, -0.25) is 10.1 Å². The molecule has 0 bridgehead atoms.